The number of amides is 1. The van der Waals surface area contributed by atoms with Crippen molar-refractivity contribution >= 4 is 11.9 Å². The van der Waals surface area contributed by atoms with E-state index < -0.39 is 11.4 Å². The maximum absolute atomic E-state index is 11.1. The molecule has 1 amide bonds. The Kier molecular flexibility index (Phi) is 3.14. The average Bonchev–Trinajstić information content (AvgIpc) is 2.48. The molecular weight excluding hydrogens is 196 g/mol. The number of nitrogens with zero attached hydrogens (tertiary/aromatic N) is 1. The molecule has 1 rings (SSSR count). The molecule has 0 aromatic rings. The normalized spacial score (nSPS) is 26.5. The molecule has 0 bridgehead atoms. The lowest BCUT2D eigenvalue weighted by Crippen LogP contribution is -2.37. The molecule has 1 aliphatic rings. The van der Waals surface area contributed by atoms with Gasteiger partial charge < -0.3 is 10.8 Å². The molecule has 0 aromatic carbocycles. The van der Waals surface area contributed by atoms with E-state index >= 15 is 0 Å². The van der Waals surface area contributed by atoms with Gasteiger partial charge in [-0.05, 0) is 19.9 Å². The first kappa shape index (κ1) is 11.7. The highest BCUT2D eigenvalue weighted by Gasteiger charge is 2.38. The van der Waals surface area contributed by atoms with E-state index in [1.54, 1.807) is 6.92 Å². The first-order valence-corrected chi connectivity index (χ1v) is 4.78. The third kappa shape index (κ3) is 2.56. The molecule has 0 spiro atoms. The molecule has 0 aliphatic carbocycles. The van der Waals surface area contributed by atoms with Gasteiger partial charge in [-0.1, -0.05) is 6.58 Å². The van der Waals surface area contributed by atoms with Crippen LogP contribution in [0.1, 0.15) is 13.3 Å². The lowest BCUT2D eigenvalue weighted by Gasteiger charge is -2.20. The molecule has 5 heteroatoms. The van der Waals surface area contributed by atoms with Gasteiger partial charge in [0.25, 0.3) is 0 Å². The zero-order valence-electron chi connectivity index (χ0n) is 8.82. The van der Waals surface area contributed by atoms with Gasteiger partial charge in [0.2, 0.25) is 5.91 Å². The average molecular weight is 212 g/mol. The fourth-order valence-electron chi connectivity index (χ4n) is 1.73. The molecule has 84 valence electrons. The number of hydrogen-bond donors (Lipinski definition) is 2. The fraction of sp³-hybridized carbons (Fsp3) is 0.600. The SMILES string of the molecule is C=C(CN1CCC(C)(C(N)=O)C1)C(=O)O. The van der Waals surface area contributed by atoms with Gasteiger partial charge in [-0.15, -0.1) is 0 Å². The van der Waals surface area contributed by atoms with Crippen LogP contribution in [-0.2, 0) is 9.59 Å². The minimum atomic E-state index is -0.998. The summed E-state index contributed by atoms with van der Waals surface area (Å²) in [6, 6.07) is 0. The zero-order valence-corrected chi connectivity index (χ0v) is 8.82. The van der Waals surface area contributed by atoms with Crippen molar-refractivity contribution in [2.24, 2.45) is 11.1 Å². The van der Waals surface area contributed by atoms with Crippen LogP contribution in [0.25, 0.3) is 0 Å². The van der Waals surface area contributed by atoms with Crippen LogP contribution in [-0.4, -0.2) is 41.5 Å². The molecule has 1 fully saturated rings. The number of primary amides is 1. The summed E-state index contributed by atoms with van der Waals surface area (Å²) in [5.41, 5.74) is 4.89. The highest BCUT2D eigenvalue weighted by Crippen LogP contribution is 2.29. The number of carboxylic acid groups (broad SMARTS) is 1. The Morgan fingerprint density at radius 2 is 2.20 bits per heavy atom. The summed E-state index contributed by atoms with van der Waals surface area (Å²) in [5.74, 6) is -1.33. The number of carbonyl (C=O) groups is 2. The first-order valence-electron chi connectivity index (χ1n) is 4.78. The summed E-state index contributed by atoms with van der Waals surface area (Å²) in [6.07, 6.45) is 0.676. The van der Waals surface area contributed by atoms with Gasteiger partial charge in [0.15, 0.2) is 0 Å². The number of rotatable bonds is 4. The Bertz CT molecular complexity index is 314. The monoisotopic (exact) mass is 212 g/mol. The third-order valence-electron chi connectivity index (χ3n) is 2.86. The van der Waals surface area contributed by atoms with Crippen molar-refractivity contribution < 1.29 is 14.7 Å². The Balaban J connectivity index is 2.54. The number of carbonyl (C=O) groups excluding carboxylic acids is 1. The topological polar surface area (TPSA) is 83.6 Å². The number of likely N-dealkylation sites (tertiary alicyclic amines) is 1. The van der Waals surface area contributed by atoms with Crippen molar-refractivity contribution in [1.29, 1.82) is 0 Å². The molecule has 1 unspecified atom stereocenters. The largest absolute Gasteiger partial charge is 0.478 e. The number of aliphatic carboxylic acids is 1. The molecule has 1 saturated heterocycles. The van der Waals surface area contributed by atoms with Crippen molar-refractivity contribution in [3.63, 3.8) is 0 Å². The molecule has 0 radical (unpaired) electrons. The predicted octanol–water partition coefficient (Wildman–Crippen LogP) is -0.175. The van der Waals surface area contributed by atoms with Crippen molar-refractivity contribution in [2.45, 2.75) is 13.3 Å². The molecule has 1 heterocycles. The maximum atomic E-state index is 11.1. The van der Waals surface area contributed by atoms with Crippen LogP contribution in [0.5, 0.6) is 0 Å². The summed E-state index contributed by atoms with van der Waals surface area (Å²) >= 11 is 0. The smallest absolute Gasteiger partial charge is 0.332 e. The van der Waals surface area contributed by atoms with E-state index in [0.717, 1.165) is 0 Å². The Labute approximate surface area is 88.5 Å². The minimum Gasteiger partial charge on any atom is -0.478 e. The van der Waals surface area contributed by atoms with Crippen LogP contribution in [0.4, 0.5) is 0 Å². The van der Waals surface area contributed by atoms with E-state index in [4.69, 9.17) is 10.8 Å². The van der Waals surface area contributed by atoms with Crippen molar-refractivity contribution in [3.05, 3.63) is 12.2 Å². The molecule has 0 saturated carbocycles. The minimum absolute atomic E-state index is 0.142. The highest BCUT2D eigenvalue weighted by atomic mass is 16.4. The number of nitrogens with two attached hydrogens (primary N) is 1. The van der Waals surface area contributed by atoms with Crippen LogP contribution in [0, 0.1) is 5.41 Å². The van der Waals surface area contributed by atoms with E-state index in [-0.39, 0.29) is 18.0 Å². The van der Waals surface area contributed by atoms with Gasteiger partial charge in [0.05, 0.1) is 5.41 Å². The highest BCUT2D eigenvalue weighted by molar-refractivity contribution is 5.86. The van der Waals surface area contributed by atoms with Crippen LogP contribution in [0.3, 0.4) is 0 Å². The molecule has 0 aromatic heterocycles. The van der Waals surface area contributed by atoms with Crippen LogP contribution >= 0.6 is 0 Å². The standard InChI is InChI=1S/C10H16N2O3/c1-7(8(13)14)5-12-4-3-10(2,6-12)9(11)15/h1,3-6H2,2H3,(H2,11,15)(H,13,14). The summed E-state index contributed by atoms with van der Waals surface area (Å²) < 4.78 is 0. The molecule has 1 atom stereocenters. The Morgan fingerprint density at radius 3 is 2.60 bits per heavy atom. The summed E-state index contributed by atoms with van der Waals surface area (Å²) in [6.45, 7) is 6.74. The van der Waals surface area contributed by atoms with Crippen molar-refractivity contribution in [2.75, 3.05) is 19.6 Å². The van der Waals surface area contributed by atoms with E-state index in [1.807, 2.05) is 4.90 Å². The number of hydrogen-bond acceptors (Lipinski definition) is 3. The van der Waals surface area contributed by atoms with Gasteiger partial charge in [-0.2, -0.15) is 0 Å². The molecule has 1 aliphatic heterocycles. The van der Waals surface area contributed by atoms with E-state index in [0.29, 0.717) is 19.5 Å². The van der Waals surface area contributed by atoms with Gasteiger partial charge in [0, 0.05) is 18.7 Å². The lowest BCUT2D eigenvalue weighted by atomic mass is 9.89. The Hall–Kier alpha value is -1.36. The predicted molar refractivity (Wildman–Crippen MR) is 55.1 cm³/mol. The molecule has 3 N–H and O–H groups in total. The van der Waals surface area contributed by atoms with E-state index in [9.17, 15) is 9.59 Å². The third-order valence-corrected chi connectivity index (χ3v) is 2.86. The molecule has 15 heavy (non-hydrogen) atoms. The Morgan fingerprint density at radius 1 is 1.60 bits per heavy atom. The van der Waals surface area contributed by atoms with Gasteiger partial charge in [0.1, 0.15) is 0 Å². The van der Waals surface area contributed by atoms with Gasteiger partial charge in [-0.25, -0.2) is 4.79 Å². The second kappa shape index (κ2) is 4.02. The van der Waals surface area contributed by atoms with Crippen LogP contribution in [0.2, 0.25) is 0 Å². The first-order chi connectivity index (χ1) is 6.85. The fourth-order valence-corrected chi connectivity index (χ4v) is 1.73. The molecular formula is C10H16N2O3. The quantitative estimate of drug-likeness (QED) is 0.633. The summed E-state index contributed by atoms with van der Waals surface area (Å²) in [4.78, 5) is 23.6. The summed E-state index contributed by atoms with van der Waals surface area (Å²) in [7, 11) is 0. The lowest BCUT2D eigenvalue weighted by molar-refractivity contribution is -0.132. The van der Waals surface area contributed by atoms with E-state index in [1.165, 1.54) is 0 Å². The van der Waals surface area contributed by atoms with E-state index in [2.05, 4.69) is 6.58 Å². The molecule has 5 nitrogen and oxygen atoms in total. The van der Waals surface area contributed by atoms with Crippen LogP contribution < -0.4 is 5.73 Å². The zero-order chi connectivity index (χ0) is 11.6. The van der Waals surface area contributed by atoms with Gasteiger partial charge >= 0.3 is 5.97 Å². The van der Waals surface area contributed by atoms with Crippen molar-refractivity contribution in [1.82, 2.24) is 4.90 Å². The second-order valence-electron chi connectivity index (χ2n) is 4.29. The second-order valence-corrected chi connectivity index (χ2v) is 4.29. The van der Waals surface area contributed by atoms with Gasteiger partial charge in [-0.3, -0.25) is 9.69 Å². The maximum Gasteiger partial charge on any atom is 0.332 e. The summed E-state index contributed by atoms with van der Waals surface area (Å²) in [5, 5.41) is 8.66. The number of carboxylic acids is 1. The van der Waals surface area contributed by atoms with Crippen LogP contribution in [0.15, 0.2) is 12.2 Å². The van der Waals surface area contributed by atoms with Crippen molar-refractivity contribution in [3.8, 4) is 0 Å².